The zero-order valence-corrected chi connectivity index (χ0v) is 20.2. The van der Waals surface area contributed by atoms with Gasteiger partial charge in [-0.05, 0) is 54.8 Å². The molecule has 7 heteroatoms. The molecule has 1 saturated heterocycles. The fourth-order valence-corrected chi connectivity index (χ4v) is 5.32. The maximum absolute atomic E-state index is 13.1. The highest BCUT2D eigenvalue weighted by Crippen LogP contribution is 2.44. The lowest BCUT2D eigenvalue weighted by molar-refractivity contribution is -0.287. The van der Waals surface area contributed by atoms with Gasteiger partial charge in [0.1, 0.15) is 5.69 Å². The van der Waals surface area contributed by atoms with E-state index in [9.17, 15) is 4.79 Å². The molecule has 0 unspecified atom stereocenters. The third kappa shape index (κ3) is 4.36. The zero-order valence-electron chi connectivity index (χ0n) is 17.8. The van der Waals surface area contributed by atoms with Crippen molar-refractivity contribution in [3.05, 3.63) is 86.4 Å². The molecule has 33 heavy (non-hydrogen) atoms. The Morgan fingerprint density at radius 3 is 2.55 bits per heavy atom. The van der Waals surface area contributed by atoms with E-state index in [1.165, 1.54) is 5.57 Å². The number of hydrogen-bond acceptors (Lipinski definition) is 2. The number of urea groups is 1. The molecule has 2 aliphatic rings. The number of nitrogens with one attached hydrogen (secondary N) is 2. The Bertz CT molecular complexity index is 1240. The molecule has 0 radical (unpaired) electrons. The first kappa shape index (κ1) is 22.3. The molecule has 0 saturated carbocycles. The molecular formula is C26H23Cl3N3O+. The predicted octanol–water partition coefficient (Wildman–Crippen LogP) is 6.48. The van der Waals surface area contributed by atoms with Crippen molar-refractivity contribution < 1.29 is 16.4 Å². The fourth-order valence-electron chi connectivity index (χ4n) is 4.49. The first-order chi connectivity index (χ1) is 16.0. The molecule has 0 bridgehead atoms. The van der Waals surface area contributed by atoms with Crippen molar-refractivity contribution in [2.75, 3.05) is 18.0 Å². The second-order valence-corrected chi connectivity index (χ2v) is 9.46. The minimum atomic E-state index is -0.254. The first-order valence-corrected chi connectivity index (χ1v) is 12.0. The van der Waals surface area contributed by atoms with Crippen molar-refractivity contribution in [2.24, 2.45) is 0 Å². The number of benzene rings is 3. The van der Waals surface area contributed by atoms with E-state index in [1.807, 2.05) is 30.3 Å². The summed E-state index contributed by atoms with van der Waals surface area (Å²) < 4.78 is 0. The van der Waals surface area contributed by atoms with E-state index < -0.39 is 0 Å². The molecule has 0 spiro atoms. The molecule has 3 aromatic carbocycles. The van der Waals surface area contributed by atoms with Crippen LogP contribution in [0.2, 0.25) is 15.1 Å². The maximum atomic E-state index is 13.1. The SMILES string of the molecule is O=C1NCc2c(-c3ccccc3Cl)cc(/C=C3\CCCNC3)cc2N1c1c(Cl)cccc1[ClH+]. The molecule has 4 nitrogen and oxygen atoms in total. The van der Waals surface area contributed by atoms with Crippen LogP contribution in [0.1, 0.15) is 24.0 Å². The smallest absolute Gasteiger partial charge is 0.327 e. The molecule has 3 aromatic rings. The highest BCUT2D eigenvalue weighted by Gasteiger charge is 2.32. The number of para-hydroxylation sites is 1. The second-order valence-electron chi connectivity index (χ2n) is 8.21. The summed E-state index contributed by atoms with van der Waals surface area (Å²) in [5.74, 6) is 0. The number of carbonyl (C=O) groups excluding carboxylic acids is 1. The number of fused-ring (bicyclic) bond motifs is 1. The van der Waals surface area contributed by atoms with E-state index in [2.05, 4.69) is 22.8 Å². The molecule has 0 aromatic heterocycles. The zero-order chi connectivity index (χ0) is 22.9. The minimum Gasteiger partial charge on any atom is -0.333 e. The molecule has 5 rings (SSSR count). The van der Waals surface area contributed by atoms with Gasteiger partial charge in [0, 0.05) is 35.3 Å². The number of hydrogen-bond donors (Lipinski definition) is 2. The summed E-state index contributed by atoms with van der Waals surface area (Å²) in [6.45, 7) is 2.29. The Kier molecular flexibility index (Phi) is 6.35. The van der Waals surface area contributed by atoms with Crippen LogP contribution >= 0.6 is 23.2 Å². The lowest BCUT2D eigenvalue weighted by Crippen LogP contribution is -2.41. The van der Waals surface area contributed by atoms with Crippen LogP contribution in [0.3, 0.4) is 0 Å². The molecule has 2 amide bonds. The number of rotatable bonds is 3. The summed E-state index contributed by atoms with van der Waals surface area (Å²) in [6.07, 6.45) is 4.37. The molecule has 2 N–H and O–H groups in total. The van der Waals surface area contributed by atoms with E-state index in [0.29, 0.717) is 27.3 Å². The van der Waals surface area contributed by atoms with Crippen LogP contribution in [0.4, 0.5) is 16.2 Å². The van der Waals surface area contributed by atoms with E-state index in [1.54, 1.807) is 23.1 Å². The minimum absolute atomic E-state index is 0.254. The van der Waals surface area contributed by atoms with E-state index in [-0.39, 0.29) is 6.03 Å². The van der Waals surface area contributed by atoms with Gasteiger partial charge in [0.15, 0.2) is 11.6 Å². The van der Waals surface area contributed by atoms with Crippen molar-refractivity contribution >= 4 is 46.7 Å². The van der Waals surface area contributed by atoms with Gasteiger partial charge in [-0.1, -0.05) is 59.1 Å². The fraction of sp³-hybridized carbons (Fsp3) is 0.192. The maximum Gasteiger partial charge on any atom is 0.327 e. The quantitative estimate of drug-likeness (QED) is 0.433. The number of piperidine rings is 1. The number of amides is 2. The number of carbonyl (C=O) groups is 1. The van der Waals surface area contributed by atoms with Gasteiger partial charge in [-0.15, -0.1) is 0 Å². The van der Waals surface area contributed by atoms with Crippen LogP contribution in [-0.2, 0) is 6.54 Å². The monoisotopic (exact) mass is 498 g/mol. The third-order valence-electron chi connectivity index (χ3n) is 6.02. The van der Waals surface area contributed by atoms with Gasteiger partial charge in [-0.2, -0.15) is 0 Å². The summed E-state index contributed by atoms with van der Waals surface area (Å²) in [6, 6.07) is 17.1. The first-order valence-electron chi connectivity index (χ1n) is 10.9. The van der Waals surface area contributed by atoms with E-state index >= 15 is 0 Å². The van der Waals surface area contributed by atoms with Gasteiger partial charge in [0.2, 0.25) is 0 Å². The number of halogens is 3. The van der Waals surface area contributed by atoms with Crippen molar-refractivity contribution in [2.45, 2.75) is 19.4 Å². The Hall–Kier alpha value is -2.50. The summed E-state index contributed by atoms with van der Waals surface area (Å²) in [5, 5.41) is 8.03. The highest BCUT2D eigenvalue weighted by molar-refractivity contribution is 6.34. The largest absolute Gasteiger partial charge is 0.333 e. The van der Waals surface area contributed by atoms with Crippen molar-refractivity contribution in [3.8, 4) is 11.1 Å². The summed E-state index contributed by atoms with van der Waals surface area (Å²) >= 11 is 18.7. The van der Waals surface area contributed by atoms with Gasteiger partial charge in [-0.3, -0.25) is 4.90 Å². The second kappa shape index (κ2) is 9.40. The standard InChI is InChI=1S/C26H22Cl3N3O/c27-21-7-2-1-6-18(21)19-12-17(11-16-5-4-10-30-14-16)13-24-20(19)15-31-26(33)32(24)25-22(28)8-3-9-23(25)29/h1-3,6-9,11-13,28,30H,4-5,10,14-15H2/p+1/b16-11+. The normalized spacial score (nSPS) is 17.1. The molecule has 2 heterocycles. The summed E-state index contributed by atoms with van der Waals surface area (Å²) in [5.41, 5.74) is 6.51. The molecule has 168 valence electrons. The summed E-state index contributed by atoms with van der Waals surface area (Å²) in [7, 11) is 0. The van der Waals surface area contributed by atoms with Crippen LogP contribution < -0.4 is 15.5 Å². The molecule has 0 aliphatic carbocycles. The van der Waals surface area contributed by atoms with Gasteiger partial charge >= 0.3 is 6.03 Å². The van der Waals surface area contributed by atoms with Crippen LogP contribution in [0, 0.1) is 11.6 Å². The predicted molar refractivity (Wildman–Crippen MR) is 133 cm³/mol. The Balaban J connectivity index is 1.76. The number of anilines is 2. The topological polar surface area (TPSA) is 44.4 Å². The van der Waals surface area contributed by atoms with Crippen LogP contribution in [0.15, 0.2) is 60.2 Å². The Morgan fingerprint density at radius 2 is 1.79 bits per heavy atom. The van der Waals surface area contributed by atoms with Gasteiger partial charge < -0.3 is 10.6 Å². The van der Waals surface area contributed by atoms with Crippen LogP contribution in [0.25, 0.3) is 17.2 Å². The Morgan fingerprint density at radius 1 is 0.970 bits per heavy atom. The highest BCUT2D eigenvalue weighted by atomic mass is 35.5. The van der Waals surface area contributed by atoms with Gasteiger partial charge in [0.25, 0.3) is 5.02 Å². The van der Waals surface area contributed by atoms with Crippen LogP contribution in [-0.4, -0.2) is 19.1 Å². The van der Waals surface area contributed by atoms with Crippen molar-refractivity contribution in [3.63, 3.8) is 0 Å². The third-order valence-corrected chi connectivity index (χ3v) is 6.98. The molecule has 0 atom stereocenters. The van der Waals surface area contributed by atoms with Crippen molar-refractivity contribution in [1.82, 2.24) is 10.6 Å². The molecular weight excluding hydrogens is 477 g/mol. The van der Waals surface area contributed by atoms with Crippen LogP contribution in [0.5, 0.6) is 0 Å². The average Bonchev–Trinajstić information content (AvgIpc) is 2.81. The lowest BCUT2D eigenvalue weighted by atomic mass is 9.92. The van der Waals surface area contributed by atoms with Gasteiger partial charge in [-0.25, -0.2) is 4.79 Å². The lowest BCUT2D eigenvalue weighted by Gasteiger charge is -2.32. The van der Waals surface area contributed by atoms with Crippen molar-refractivity contribution in [1.29, 1.82) is 0 Å². The number of nitrogens with zero attached hydrogens (tertiary/aromatic N) is 1. The average molecular weight is 500 g/mol. The van der Waals surface area contributed by atoms with Gasteiger partial charge in [0.05, 0.1) is 10.7 Å². The Labute approximate surface area is 208 Å². The summed E-state index contributed by atoms with van der Waals surface area (Å²) in [4.78, 5) is 14.7. The molecule has 2 aliphatic heterocycles. The molecule has 1 fully saturated rings. The van der Waals surface area contributed by atoms with E-state index in [4.69, 9.17) is 34.8 Å². The van der Waals surface area contributed by atoms with E-state index in [0.717, 1.165) is 53.9 Å².